The molecule has 0 spiro atoms. The molecule has 0 aromatic rings. The smallest absolute Gasteiger partial charge is 0.306 e. The van der Waals surface area contributed by atoms with Crippen molar-refractivity contribution in [2.45, 2.75) is 145 Å². The second kappa shape index (κ2) is 13.4. The Kier molecular flexibility index (Phi) is 12.4. The van der Waals surface area contributed by atoms with Gasteiger partial charge in [0.05, 0.1) is 6.61 Å². The molecule has 218 valence electrons. The molecule has 37 heavy (non-hydrogen) atoms. The number of esters is 1. The predicted molar refractivity (Wildman–Crippen MR) is 155 cm³/mol. The van der Waals surface area contributed by atoms with Crippen LogP contribution < -0.4 is 0 Å². The Morgan fingerprint density at radius 2 is 1.30 bits per heavy atom. The molecule has 3 unspecified atom stereocenters. The van der Waals surface area contributed by atoms with E-state index in [-0.39, 0.29) is 39.9 Å². The van der Waals surface area contributed by atoms with Crippen molar-refractivity contribution in [2.24, 2.45) is 28.6 Å². The molecule has 0 amide bonds. The fraction of sp³-hybridized carbons (Fsp3) is 0.938. The van der Waals surface area contributed by atoms with Gasteiger partial charge >= 0.3 is 5.97 Å². The standard InChI is InChI=1S/C32H61NO4/c1-23(17-29(3,4)5)14-26(34)16-25(22-36-13)21-33-31(9,10)19-27(20-32(33,11)12)37-28(35)15-24(2)18-30(6,7)8/h23-25,27H,14-22H2,1-13H3. The molecule has 5 nitrogen and oxygen atoms in total. The first kappa shape index (κ1) is 34.1. The first-order valence-electron chi connectivity index (χ1n) is 14.6. The van der Waals surface area contributed by atoms with Crippen molar-refractivity contribution in [3.8, 4) is 0 Å². The number of carbonyl (C=O) groups excluding carboxylic acids is 2. The molecule has 0 aromatic carbocycles. The van der Waals surface area contributed by atoms with E-state index in [0.717, 1.165) is 32.2 Å². The summed E-state index contributed by atoms with van der Waals surface area (Å²) in [7, 11) is 1.72. The fourth-order valence-corrected chi connectivity index (χ4v) is 7.02. The van der Waals surface area contributed by atoms with E-state index in [1.807, 2.05) is 0 Å². The Morgan fingerprint density at radius 1 is 0.838 bits per heavy atom. The number of Topliss-reactive ketones (excluding diaryl/α,β-unsaturated/α-hetero) is 1. The number of piperidine rings is 1. The zero-order valence-corrected chi connectivity index (χ0v) is 26.8. The number of hydrogen-bond acceptors (Lipinski definition) is 5. The largest absolute Gasteiger partial charge is 0.462 e. The first-order chi connectivity index (χ1) is 16.6. The summed E-state index contributed by atoms with van der Waals surface area (Å²) < 4.78 is 11.6. The maximum Gasteiger partial charge on any atom is 0.306 e. The van der Waals surface area contributed by atoms with E-state index >= 15 is 0 Å². The molecule has 1 rings (SSSR count). The van der Waals surface area contributed by atoms with Crippen LogP contribution in [0.3, 0.4) is 0 Å². The van der Waals surface area contributed by atoms with E-state index < -0.39 is 0 Å². The third-order valence-electron chi connectivity index (χ3n) is 7.59. The lowest BCUT2D eigenvalue weighted by Gasteiger charge is -2.55. The number of ketones is 1. The highest BCUT2D eigenvalue weighted by Gasteiger charge is 2.47. The first-order valence-corrected chi connectivity index (χ1v) is 14.6. The quantitative estimate of drug-likeness (QED) is 0.232. The molecule has 0 saturated carbocycles. The summed E-state index contributed by atoms with van der Waals surface area (Å²) in [6.45, 7) is 28.0. The van der Waals surface area contributed by atoms with Crippen molar-refractivity contribution in [1.82, 2.24) is 4.90 Å². The molecule has 0 radical (unpaired) electrons. The average molecular weight is 524 g/mol. The maximum absolute atomic E-state index is 13.0. The molecule has 1 heterocycles. The molecule has 1 aliphatic heterocycles. The van der Waals surface area contributed by atoms with Crippen LogP contribution in [0.1, 0.15) is 128 Å². The summed E-state index contributed by atoms with van der Waals surface area (Å²) in [4.78, 5) is 28.3. The Morgan fingerprint density at radius 3 is 1.73 bits per heavy atom. The number of carbonyl (C=O) groups is 2. The van der Waals surface area contributed by atoms with Gasteiger partial charge in [-0.25, -0.2) is 0 Å². The zero-order chi connectivity index (χ0) is 28.8. The lowest BCUT2D eigenvalue weighted by atomic mass is 9.77. The molecule has 1 saturated heterocycles. The van der Waals surface area contributed by atoms with E-state index in [1.165, 1.54) is 0 Å². The molecule has 0 aromatic heterocycles. The Hall–Kier alpha value is -0.940. The van der Waals surface area contributed by atoms with E-state index in [4.69, 9.17) is 9.47 Å². The topological polar surface area (TPSA) is 55.8 Å². The molecule has 3 atom stereocenters. The third kappa shape index (κ3) is 13.1. The molecule has 0 N–H and O–H groups in total. The zero-order valence-electron chi connectivity index (χ0n) is 26.8. The van der Waals surface area contributed by atoms with Crippen LogP contribution in [0.4, 0.5) is 0 Å². The van der Waals surface area contributed by atoms with Crippen LogP contribution in [0.15, 0.2) is 0 Å². The van der Waals surface area contributed by atoms with Crippen LogP contribution in [-0.4, -0.2) is 54.1 Å². The number of likely N-dealkylation sites (tertiary alicyclic amines) is 1. The van der Waals surface area contributed by atoms with Crippen molar-refractivity contribution >= 4 is 11.8 Å². The maximum atomic E-state index is 13.0. The van der Waals surface area contributed by atoms with Crippen LogP contribution >= 0.6 is 0 Å². The lowest BCUT2D eigenvalue weighted by Crippen LogP contribution is -2.63. The normalized spacial score (nSPS) is 21.3. The van der Waals surface area contributed by atoms with Gasteiger partial charge in [-0.1, -0.05) is 55.4 Å². The number of rotatable bonds is 13. The molecular weight excluding hydrogens is 462 g/mol. The summed E-state index contributed by atoms with van der Waals surface area (Å²) in [6.07, 6.45) is 5.23. The minimum atomic E-state index is -0.154. The molecule has 0 aliphatic carbocycles. The average Bonchev–Trinajstić information content (AvgIpc) is 2.60. The summed E-state index contributed by atoms with van der Waals surface area (Å²) in [5, 5.41) is 0. The van der Waals surface area contributed by atoms with Crippen molar-refractivity contribution < 1.29 is 19.1 Å². The summed E-state index contributed by atoms with van der Waals surface area (Å²) in [6, 6.07) is 0. The van der Waals surface area contributed by atoms with Gasteiger partial charge in [-0.3, -0.25) is 14.5 Å². The summed E-state index contributed by atoms with van der Waals surface area (Å²) in [5.41, 5.74) is 0.133. The van der Waals surface area contributed by atoms with Crippen molar-refractivity contribution in [2.75, 3.05) is 20.3 Å². The van der Waals surface area contributed by atoms with Gasteiger partial charge in [0.15, 0.2) is 0 Å². The molecule has 0 bridgehead atoms. The van der Waals surface area contributed by atoms with Gasteiger partial charge in [0.2, 0.25) is 0 Å². The minimum absolute atomic E-state index is 0.0750. The van der Waals surface area contributed by atoms with Gasteiger partial charge in [0, 0.05) is 62.8 Å². The molecule has 5 heteroatoms. The molecule has 1 aliphatic rings. The van der Waals surface area contributed by atoms with Crippen LogP contribution in [0.5, 0.6) is 0 Å². The number of methoxy groups -OCH3 is 1. The monoisotopic (exact) mass is 523 g/mol. The van der Waals surface area contributed by atoms with Gasteiger partial charge in [0.1, 0.15) is 11.9 Å². The summed E-state index contributed by atoms with van der Waals surface area (Å²) in [5.74, 6) is 1.11. The highest BCUT2D eigenvalue weighted by molar-refractivity contribution is 5.78. The SMILES string of the molecule is COCC(CC(=O)CC(C)CC(C)(C)C)CN1C(C)(C)CC(OC(=O)CC(C)CC(C)(C)C)CC1(C)C. The second-order valence-electron chi connectivity index (χ2n) is 16.0. The number of hydrogen-bond donors (Lipinski definition) is 0. The van der Waals surface area contributed by atoms with Crippen LogP contribution in [-0.2, 0) is 19.1 Å². The van der Waals surface area contributed by atoms with Crippen molar-refractivity contribution in [3.63, 3.8) is 0 Å². The van der Waals surface area contributed by atoms with Crippen LogP contribution in [0.2, 0.25) is 0 Å². The van der Waals surface area contributed by atoms with E-state index in [0.29, 0.717) is 43.5 Å². The third-order valence-corrected chi connectivity index (χ3v) is 7.59. The molecular formula is C32H61NO4. The predicted octanol–water partition coefficient (Wildman–Crippen LogP) is 7.70. The van der Waals surface area contributed by atoms with Gasteiger partial charge in [-0.2, -0.15) is 0 Å². The van der Waals surface area contributed by atoms with E-state index in [1.54, 1.807) is 7.11 Å². The van der Waals surface area contributed by atoms with Gasteiger partial charge < -0.3 is 9.47 Å². The Balaban J connectivity index is 2.82. The van der Waals surface area contributed by atoms with Crippen LogP contribution in [0, 0.1) is 28.6 Å². The summed E-state index contributed by atoms with van der Waals surface area (Å²) >= 11 is 0. The Bertz CT molecular complexity index is 710. The minimum Gasteiger partial charge on any atom is -0.462 e. The van der Waals surface area contributed by atoms with Gasteiger partial charge in [0.25, 0.3) is 0 Å². The van der Waals surface area contributed by atoms with Crippen molar-refractivity contribution in [1.29, 1.82) is 0 Å². The molecule has 1 fully saturated rings. The Labute approximate surface area is 229 Å². The fourth-order valence-electron chi connectivity index (χ4n) is 7.02. The number of nitrogens with zero attached hydrogens (tertiary/aromatic N) is 1. The highest BCUT2D eigenvalue weighted by atomic mass is 16.5. The van der Waals surface area contributed by atoms with Crippen LogP contribution in [0.25, 0.3) is 0 Å². The van der Waals surface area contributed by atoms with Gasteiger partial charge in [-0.05, 0) is 63.2 Å². The number of ether oxygens (including phenoxy) is 2. The highest BCUT2D eigenvalue weighted by Crippen LogP contribution is 2.41. The van der Waals surface area contributed by atoms with E-state index in [9.17, 15) is 9.59 Å². The second-order valence-corrected chi connectivity index (χ2v) is 16.0. The van der Waals surface area contributed by atoms with E-state index in [2.05, 4.69) is 88.0 Å². The lowest BCUT2D eigenvalue weighted by molar-refractivity contribution is -0.162. The van der Waals surface area contributed by atoms with Gasteiger partial charge in [-0.15, -0.1) is 0 Å². The van der Waals surface area contributed by atoms with Crippen molar-refractivity contribution in [3.05, 3.63) is 0 Å².